The molecule has 1 saturated heterocycles. The van der Waals surface area contributed by atoms with Gasteiger partial charge in [0.05, 0.1) is 17.4 Å². The van der Waals surface area contributed by atoms with Gasteiger partial charge < -0.3 is 4.74 Å². The van der Waals surface area contributed by atoms with Gasteiger partial charge in [-0.15, -0.1) is 11.6 Å². The minimum Gasteiger partial charge on any atom is -0.489 e. The van der Waals surface area contributed by atoms with Crippen LogP contribution in [0.1, 0.15) is 17.5 Å². The summed E-state index contributed by atoms with van der Waals surface area (Å²) in [5.74, 6) is 7.08. The lowest BCUT2D eigenvalue weighted by molar-refractivity contribution is 0.227. The zero-order valence-corrected chi connectivity index (χ0v) is 12.2. The molecule has 1 heterocycles. The van der Waals surface area contributed by atoms with Crippen LogP contribution in [0.4, 0.5) is 0 Å². The highest BCUT2D eigenvalue weighted by molar-refractivity contribution is 7.91. The van der Waals surface area contributed by atoms with Crippen molar-refractivity contribution in [1.82, 2.24) is 0 Å². The summed E-state index contributed by atoms with van der Waals surface area (Å²) in [5, 5.41) is 0. The second kappa shape index (κ2) is 5.85. The number of aryl methyl sites for hydroxylation is 1. The Balaban J connectivity index is 2.10. The van der Waals surface area contributed by atoms with Gasteiger partial charge >= 0.3 is 0 Å². The van der Waals surface area contributed by atoms with Crippen LogP contribution in [-0.2, 0) is 9.84 Å². The van der Waals surface area contributed by atoms with Gasteiger partial charge in [-0.2, -0.15) is 0 Å². The molecule has 0 N–H and O–H groups in total. The molecule has 1 fully saturated rings. The van der Waals surface area contributed by atoms with Gasteiger partial charge in [0.2, 0.25) is 0 Å². The molecule has 19 heavy (non-hydrogen) atoms. The van der Waals surface area contributed by atoms with Crippen LogP contribution < -0.4 is 4.74 Å². The first-order valence-electron chi connectivity index (χ1n) is 6.03. The van der Waals surface area contributed by atoms with Gasteiger partial charge in [0.25, 0.3) is 0 Å². The molecule has 0 bridgehead atoms. The lowest BCUT2D eigenvalue weighted by Crippen LogP contribution is -2.18. The van der Waals surface area contributed by atoms with Crippen molar-refractivity contribution in [3.8, 4) is 17.6 Å². The summed E-state index contributed by atoms with van der Waals surface area (Å²) in [5.41, 5.74) is 1.83. The Bertz CT molecular complexity index is 626. The second-order valence-electron chi connectivity index (χ2n) is 4.56. The standard InChI is InChI=1S/C14H15ClO3S/c1-11-9-12(3-2-7-15)4-5-14(11)18-13-6-8-19(16,17)10-13/h4-5,9,13H,6-8,10H2,1H3. The smallest absolute Gasteiger partial charge is 0.154 e. The molecule has 2 rings (SSSR count). The minimum absolute atomic E-state index is 0.111. The zero-order chi connectivity index (χ0) is 13.9. The molecule has 1 aliphatic heterocycles. The Morgan fingerprint density at radius 3 is 2.84 bits per heavy atom. The summed E-state index contributed by atoms with van der Waals surface area (Å²) in [4.78, 5) is 0. The number of sulfone groups is 1. The first-order valence-corrected chi connectivity index (χ1v) is 8.38. The van der Waals surface area contributed by atoms with Crippen LogP contribution in [0.2, 0.25) is 0 Å². The Labute approximate surface area is 118 Å². The maximum atomic E-state index is 11.4. The number of alkyl halides is 1. The molecule has 0 aromatic heterocycles. The number of hydrogen-bond donors (Lipinski definition) is 0. The van der Waals surface area contributed by atoms with E-state index in [1.54, 1.807) is 0 Å². The number of halogens is 1. The molecule has 0 radical (unpaired) electrons. The monoisotopic (exact) mass is 298 g/mol. The lowest BCUT2D eigenvalue weighted by atomic mass is 10.1. The number of hydrogen-bond acceptors (Lipinski definition) is 3. The molecule has 1 atom stereocenters. The summed E-state index contributed by atoms with van der Waals surface area (Å²) in [6.45, 7) is 1.92. The van der Waals surface area contributed by atoms with Crippen LogP contribution in [0.3, 0.4) is 0 Å². The predicted molar refractivity (Wildman–Crippen MR) is 76.5 cm³/mol. The highest BCUT2D eigenvalue weighted by Gasteiger charge is 2.29. The summed E-state index contributed by atoms with van der Waals surface area (Å²) in [7, 11) is -2.91. The Hall–Kier alpha value is -1.18. The molecule has 1 aromatic rings. The summed E-state index contributed by atoms with van der Waals surface area (Å²) in [6.07, 6.45) is 0.332. The molecular weight excluding hydrogens is 284 g/mol. The van der Waals surface area contributed by atoms with Crippen LogP contribution in [0.15, 0.2) is 18.2 Å². The molecule has 102 valence electrons. The first kappa shape index (κ1) is 14.2. The van der Waals surface area contributed by atoms with Gasteiger partial charge in [0.1, 0.15) is 11.9 Å². The SMILES string of the molecule is Cc1cc(C#CCCl)ccc1OC1CCS(=O)(=O)C1. The van der Waals surface area contributed by atoms with E-state index in [2.05, 4.69) is 11.8 Å². The first-order chi connectivity index (χ1) is 9.00. The Morgan fingerprint density at radius 2 is 2.26 bits per heavy atom. The molecule has 0 spiro atoms. The van der Waals surface area contributed by atoms with Crippen LogP contribution in [0.5, 0.6) is 5.75 Å². The highest BCUT2D eigenvalue weighted by atomic mass is 35.5. The van der Waals surface area contributed by atoms with Crippen molar-refractivity contribution in [2.24, 2.45) is 0 Å². The molecule has 0 aliphatic carbocycles. The fourth-order valence-corrected chi connectivity index (χ4v) is 3.68. The van der Waals surface area contributed by atoms with E-state index >= 15 is 0 Å². The van der Waals surface area contributed by atoms with Crippen molar-refractivity contribution in [2.45, 2.75) is 19.4 Å². The molecule has 1 aromatic carbocycles. The van der Waals surface area contributed by atoms with Gasteiger partial charge in [0, 0.05) is 5.56 Å². The van der Waals surface area contributed by atoms with Crippen LogP contribution >= 0.6 is 11.6 Å². The third-order valence-corrected chi connectivity index (χ3v) is 4.83. The van der Waals surface area contributed by atoms with Crippen molar-refractivity contribution < 1.29 is 13.2 Å². The van der Waals surface area contributed by atoms with Crippen LogP contribution in [-0.4, -0.2) is 31.9 Å². The number of benzene rings is 1. The quantitative estimate of drug-likeness (QED) is 0.621. The third kappa shape index (κ3) is 3.89. The minimum atomic E-state index is -2.91. The van der Waals surface area contributed by atoms with E-state index in [1.807, 2.05) is 25.1 Å². The Kier molecular flexibility index (Phi) is 4.38. The van der Waals surface area contributed by atoms with Crippen molar-refractivity contribution in [3.05, 3.63) is 29.3 Å². The van der Waals surface area contributed by atoms with Crippen molar-refractivity contribution in [2.75, 3.05) is 17.4 Å². The van der Waals surface area contributed by atoms with E-state index in [9.17, 15) is 8.42 Å². The highest BCUT2D eigenvalue weighted by Crippen LogP contribution is 2.24. The molecule has 1 unspecified atom stereocenters. The average molecular weight is 299 g/mol. The fraction of sp³-hybridized carbons (Fsp3) is 0.429. The van der Waals surface area contributed by atoms with E-state index in [0.717, 1.165) is 16.9 Å². The topological polar surface area (TPSA) is 43.4 Å². The zero-order valence-electron chi connectivity index (χ0n) is 10.6. The van der Waals surface area contributed by atoms with Gasteiger partial charge in [-0.05, 0) is 37.1 Å². The van der Waals surface area contributed by atoms with Crippen molar-refractivity contribution >= 4 is 21.4 Å². The van der Waals surface area contributed by atoms with Gasteiger partial charge in [-0.1, -0.05) is 11.8 Å². The van der Waals surface area contributed by atoms with Crippen LogP contribution in [0, 0.1) is 18.8 Å². The van der Waals surface area contributed by atoms with E-state index in [-0.39, 0.29) is 17.6 Å². The predicted octanol–water partition coefficient (Wildman–Crippen LogP) is 2.15. The largest absolute Gasteiger partial charge is 0.489 e. The molecule has 0 amide bonds. The van der Waals surface area contributed by atoms with Crippen molar-refractivity contribution in [1.29, 1.82) is 0 Å². The molecule has 3 nitrogen and oxygen atoms in total. The fourth-order valence-electron chi connectivity index (χ4n) is 2.03. The molecule has 5 heteroatoms. The average Bonchev–Trinajstić information content (AvgIpc) is 2.69. The van der Waals surface area contributed by atoms with Crippen LogP contribution in [0.25, 0.3) is 0 Å². The Morgan fingerprint density at radius 1 is 1.47 bits per heavy atom. The maximum Gasteiger partial charge on any atom is 0.154 e. The van der Waals surface area contributed by atoms with Gasteiger partial charge in [-0.25, -0.2) is 8.42 Å². The lowest BCUT2D eigenvalue weighted by Gasteiger charge is -2.14. The number of ether oxygens (including phenoxy) is 1. The van der Waals surface area contributed by atoms with E-state index in [1.165, 1.54) is 0 Å². The normalized spacial score (nSPS) is 20.6. The molecule has 0 saturated carbocycles. The second-order valence-corrected chi connectivity index (χ2v) is 7.05. The van der Waals surface area contributed by atoms with E-state index < -0.39 is 9.84 Å². The van der Waals surface area contributed by atoms with Crippen molar-refractivity contribution in [3.63, 3.8) is 0 Å². The van der Waals surface area contributed by atoms with Gasteiger partial charge in [-0.3, -0.25) is 0 Å². The maximum absolute atomic E-state index is 11.4. The third-order valence-electron chi connectivity index (χ3n) is 2.96. The number of rotatable bonds is 2. The molecular formula is C14H15ClO3S. The van der Waals surface area contributed by atoms with E-state index in [4.69, 9.17) is 16.3 Å². The summed E-state index contributed by atoms with van der Waals surface area (Å²) >= 11 is 5.51. The molecule has 1 aliphatic rings. The van der Waals surface area contributed by atoms with Gasteiger partial charge in [0.15, 0.2) is 9.84 Å². The van der Waals surface area contributed by atoms with E-state index in [0.29, 0.717) is 12.3 Å². The summed E-state index contributed by atoms with van der Waals surface area (Å²) < 4.78 is 28.5. The summed E-state index contributed by atoms with van der Waals surface area (Å²) in [6, 6.07) is 5.60.